The lowest BCUT2D eigenvalue weighted by atomic mass is 9.96. The number of benzene rings is 1. The zero-order valence-electron chi connectivity index (χ0n) is 16.3. The van der Waals surface area contributed by atoms with E-state index in [1.165, 1.54) is 7.11 Å². The molecule has 1 unspecified atom stereocenters. The topological polar surface area (TPSA) is 77.0 Å². The van der Waals surface area contributed by atoms with E-state index in [2.05, 4.69) is 17.1 Å². The lowest BCUT2D eigenvalue weighted by Gasteiger charge is -2.18. The van der Waals surface area contributed by atoms with Crippen LogP contribution in [0.3, 0.4) is 0 Å². The van der Waals surface area contributed by atoms with Gasteiger partial charge in [0.2, 0.25) is 0 Å². The summed E-state index contributed by atoms with van der Waals surface area (Å²) in [4.78, 5) is 29.6. The smallest absolute Gasteiger partial charge is 0.416 e. The highest BCUT2D eigenvalue weighted by Crippen LogP contribution is 2.31. The molecule has 29 heavy (non-hydrogen) atoms. The Morgan fingerprint density at radius 1 is 1.31 bits per heavy atom. The molecule has 1 N–H and O–H groups in total. The van der Waals surface area contributed by atoms with Crippen LogP contribution in [0.25, 0.3) is 0 Å². The van der Waals surface area contributed by atoms with Gasteiger partial charge in [-0.1, -0.05) is 18.7 Å². The number of fused-ring (bicyclic) bond motifs is 1. The highest BCUT2D eigenvalue weighted by atomic mass is 19.4. The fraction of sp³-hybridized carbons (Fsp3) is 0.450. The number of carbonyl (C=O) groups is 2. The molecule has 6 nitrogen and oxygen atoms in total. The summed E-state index contributed by atoms with van der Waals surface area (Å²) >= 11 is 0. The predicted octanol–water partition coefficient (Wildman–Crippen LogP) is 3.51. The quantitative estimate of drug-likeness (QED) is 0.435. The number of hydrogen-bond donors (Lipinski definition) is 1. The minimum absolute atomic E-state index is 0.0328. The van der Waals surface area contributed by atoms with Gasteiger partial charge in [0.25, 0.3) is 5.91 Å². The van der Waals surface area contributed by atoms with Gasteiger partial charge in [-0.2, -0.15) is 13.2 Å². The van der Waals surface area contributed by atoms with Gasteiger partial charge in [-0.25, -0.2) is 4.79 Å². The Hall–Kier alpha value is -2.84. The molecule has 1 heterocycles. The Kier molecular flexibility index (Phi) is 7.41. The minimum atomic E-state index is -4.58. The van der Waals surface area contributed by atoms with Gasteiger partial charge in [0.15, 0.2) is 0 Å². The van der Waals surface area contributed by atoms with Crippen LogP contribution >= 0.6 is 0 Å². The second kappa shape index (κ2) is 9.58. The van der Waals surface area contributed by atoms with Gasteiger partial charge in [0, 0.05) is 30.0 Å². The molecule has 0 bridgehead atoms. The third kappa shape index (κ3) is 6.07. The van der Waals surface area contributed by atoms with E-state index in [1.807, 2.05) is 6.92 Å². The number of hydrogen-bond acceptors (Lipinski definition) is 5. The van der Waals surface area contributed by atoms with E-state index in [0.717, 1.165) is 18.2 Å². The molecule has 9 heteroatoms. The zero-order valence-corrected chi connectivity index (χ0v) is 16.3. The van der Waals surface area contributed by atoms with E-state index in [1.54, 1.807) is 0 Å². The highest BCUT2D eigenvalue weighted by Gasteiger charge is 2.32. The van der Waals surface area contributed by atoms with E-state index in [9.17, 15) is 22.8 Å². The molecule has 0 radical (unpaired) electrons. The van der Waals surface area contributed by atoms with Crippen molar-refractivity contribution < 1.29 is 32.3 Å². The van der Waals surface area contributed by atoms with Crippen molar-refractivity contribution in [2.75, 3.05) is 20.3 Å². The summed E-state index contributed by atoms with van der Waals surface area (Å²) in [6.45, 7) is 5.78. The number of nitrogens with one attached hydrogen (secondary N) is 1. The van der Waals surface area contributed by atoms with Crippen molar-refractivity contribution in [1.29, 1.82) is 0 Å². The third-order valence-corrected chi connectivity index (χ3v) is 4.53. The van der Waals surface area contributed by atoms with Crippen LogP contribution in [0.4, 0.5) is 13.2 Å². The van der Waals surface area contributed by atoms with Gasteiger partial charge in [-0.05, 0) is 36.6 Å². The number of carbonyl (C=O) groups excluding carboxylic acids is 2. The number of oxime groups is 1. The number of cyclic esters (lactones) is 1. The van der Waals surface area contributed by atoms with E-state index >= 15 is 0 Å². The molecule has 1 atom stereocenters. The summed E-state index contributed by atoms with van der Waals surface area (Å²) in [5, 5.41) is 6.67. The van der Waals surface area contributed by atoms with E-state index < -0.39 is 23.6 Å². The van der Waals surface area contributed by atoms with Crippen LogP contribution in [0.2, 0.25) is 0 Å². The lowest BCUT2D eigenvalue weighted by molar-refractivity contribution is -0.139. The highest BCUT2D eigenvalue weighted by molar-refractivity contribution is 5.97. The molecule has 0 spiro atoms. The fourth-order valence-corrected chi connectivity index (χ4v) is 2.92. The van der Waals surface area contributed by atoms with Crippen molar-refractivity contribution in [2.24, 2.45) is 11.1 Å². The number of ether oxygens (including phenoxy) is 1. The summed E-state index contributed by atoms with van der Waals surface area (Å²) in [5.74, 6) is -1.44. The van der Waals surface area contributed by atoms with Crippen LogP contribution < -0.4 is 5.32 Å². The first-order valence-corrected chi connectivity index (χ1v) is 9.06. The molecular formula is C20H23F3N2O4. The van der Waals surface area contributed by atoms with Crippen LogP contribution in [0.15, 0.2) is 35.5 Å². The van der Waals surface area contributed by atoms with Crippen molar-refractivity contribution in [2.45, 2.75) is 32.4 Å². The van der Waals surface area contributed by atoms with Crippen molar-refractivity contribution in [1.82, 2.24) is 5.32 Å². The second-order valence-electron chi connectivity index (χ2n) is 6.77. The average Bonchev–Trinajstić information content (AvgIpc) is 2.66. The second-order valence-corrected chi connectivity index (χ2v) is 6.77. The molecule has 1 aliphatic rings. The standard InChI is InChI=1S/C20H23F3N2O4/c1-12-9-14-10-15(20(21,22)23)6-7-16(14)18(26)24-11-13(2)17(25-28-3)5-4-8-29-19(12)27/h6-7,10,13H,1,4-5,8-9,11H2,2-3H3,(H,24,26)/b25-17+. The number of rotatable bonds is 1. The molecule has 1 amide bonds. The molecule has 0 fully saturated rings. The zero-order chi connectivity index (χ0) is 21.6. The SMILES string of the molecule is C=C1Cc2cc(C(F)(F)F)ccc2C(=O)NCC(C)/C(=N/OC)CCCOC1=O. The maximum absolute atomic E-state index is 13.1. The van der Waals surface area contributed by atoms with Gasteiger partial charge in [-0.15, -0.1) is 0 Å². The predicted molar refractivity (Wildman–Crippen MR) is 100 cm³/mol. The van der Waals surface area contributed by atoms with Crippen LogP contribution in [0.1, 0.15) is 41.3 Å². The van der Waals surface area contributed by atoms with Crippen molar-refractivity contribution >= 4 is 17.6 Å². The van der Waals surface area contributed by atoms with Crippen molar-refractivity contribution in [3.63, 3.8) is 0 Å². The van der Waals surface area contributed by atoms with Crippen LogP contribution in [-0.2, 0) is 27.0 Å². The van der Waals surface area contributed by atoms with Gasteiger partial charge in [-0.3, -0.25) is 4.79 Å². The maximum Gasteiger partial charge on any atom is 0.416 e. The Balaban J connectivity index is 2.40. The minimum Gasteiger partial charge on any atom is -0.462 e. The number of nitrogens with zero attached hydrogens (tertiary/aromatic N) is 1. The Bertz CT molecular complexity index is 818. The number of amides is 1. The lowest BCUT2D eigenvalue weighted by Crippen LogP contribution is -2.33. The number of halogens is 3. The summed E-state index contributed by atoms with van der Waals surface area (Å²) in [6, 6.07) is 2.80. The Morgan fingerprint density at radius 2 is 2.03 bits per heavy atom. The van der Waals surface area contributed by atoms with Gasteiger partial charge >= 0.3 is 12.1 Å². The van der Waals surface area contributed by atoms with Crippen molar-refractivity contribution in [3.05, 3.63) is 47.0 Å². The van der Waals surface area contributed by atoms with Gasteiger partial charge in [0.1, 0.15) is 7.11 Å². The first kappa shape index (κ1) is 22.4. The van der Waals surface area contributed by atoms with Gasteiger partial charge in [0.05, 0.1) is 17.9 Å². The number of esters is 1. The first-order chi connectivity index (χ1) is 13.6. The van der Waals surface area contributed by atoms with E-state index in [0.29, 0.717) is 18.6 Å². The summed E-state index contributed by atoms with van der Waals surface area (Å²) in [7, 11) is 1.40. The fourth-order valence-electron chi connectivity index (χ4n) is 2.92. The average molecular weight is 412 g/mol. The van der Waals surface area contributed by atoms with E-state index in [-0.39, 0.29) is 42.2 Å². The van der Waals surface area contributed by atoms with E-state index in [4.69, 9.17) is 9.57 Å². The Morgan fingerprint density at radius 3 is 2.69 bits per heavy atom. The molecule has 0 saturated heterocycles. The molecule has 0 aliphatic carbocycles. The first-order valence-electron chi connectivity index (χ1n) is 9.06. The summed E-state index contributed by atoms with van der Waals surface area (Å²) < 4.78 is 44.4. The molecule has 1 aromatic carbocycles. The molecule has 0 aromatic heterocycles. The van der Waals surface area contributed by atoms with Crippen LogP contribution in [0, 0.1) is 5.92 Å². The molecule has 1 aromatic rings. The van der Waals surface area contributed by atoms with Crippen LogP contribution in [-0.4, -0.2) is 37.8 Å². The normalized spacial score (nSPS) is 21.1. The monoisotopic (exact) mass is 412 g/mol. The number of alkyl halides is 3. The largest absolute Gasteiger partial charge is 0.462 e. The Labute approximate surface area is 166 Å². The summed E-state index contributed by atoms with van der Waals surface area (Å²) in [6.07, 6.45) is -3.83. The molecule has 2 rings (SSSR count). The molecule has 0 saturated carbocycles. The molecule has 1 aliphatic heterocycles. The molecule has 158 valence electrons. The summed E-state index contributed by atoms with van der Waals surface area (Å²) in [5.41, 5.74) is -0.174. The maximum atomic E-state index is 13.1. The van der Waals surface area contributed by atoms with Crippen LogP contribution in [0.5, 0.6) is 0 Å². The van der Waals surface area contributed by atoms with Crippen molar-refractivity contribution in [3.8, 4) is 0 Å². The molecular weight excluding hydrogens is 389 g/mol. The third-order valence-electron chi connectivity index (χ3n) is 4.53. The van der Waals surface area contributed by atoms with Gasteiger partial charge < -0.3 is 14.9 Å².